The van der Waals surface area contributed by atoms with Gasteiger partial charge in [-0.25, -0.2) is 9.78 Å². The van der Waals surface area contributed by atoms with Crippen LogP contribution < -0.4 is 9.64 Å². The number of aromatic nitrogens is 1. The number of piperidine rings is 1. The predicted molar refractivity (Wildman–Crippen MR) is 153 cm³/mol. The standard InChI is InChI=1S/C30H29Cl2N5O3/c1-35(30(39)40-27-7-3-2-6-25(27)32)26-19-37(18-24(26)20-9-11-22(31)12-10-20)29(38)23-13-15-36(17-21(23)16-33)28-8-4-5-14-34-28/h2-12,14,21,23-24,26H,13,15,17-19H2,1H3/t21?,23?,24-,26+/m0/s1. The van der Waals surface area contributed by atoms with Crippen LogP contribution in [0.3, 0.4) is 0 Å². The third-order valence-corrected chi connectivity index (χ3v) is 8.35. The molecule has 0 saturated carbocycles. The maximum Gasteiger partial charge on any atom is 0.415 e. The van der Waals surface area contributed by atoms with E-state index in [-0.39, 0.29) is 23.6 Å². The molecule has 8 nitrogen and oxygen atoms in total. The molecule has 2 amide bonds. The van der Waals surface area contributed by atoms with Gasteiger partial charge in [-0.05, 0) is 48.4 Å². The number of anilines is 1. The number of carbonyl (C=O) groups is 2. The van der Waals surface area contributed by atoms with Gasteiger partial charge in [0.05, 0.1) is 29.0 Å². The summed E-state index contributed by atoms with van der Waals surface area (Å²) in [5.74, 6) is -0.0715. The van der Waals surface area contributed by atoms with Gasteiger partial charge >= 0.3 is 6.09 Å². The summed E-state index contributed by atoms with van der Waals surface area (Å²) in [5.41, 5.74) is 0.962. The van der Waals surface area contributed by atoms with E-state index in [0.29, 0.717) is 42.6 Å². The smallest absolute Gasteiger partial charge is 0.409 e. The number of benzene rings is 2. The van der Waals surface area contributed by atoms with Gasteiger partial charge < -0.3 is 19.4 Å². The van der Waals surface area contributed by atoms with E-state index < -0.39 is 17.9 Å². The Balaban J connectivity index is 1.34. The zero-order valence-electron chi connectivity index (χ0n) is 22.0. The lowest BCUT2D eigenvalue weighted by molar-refractivity contribution is -0.136. The third kappa shape index (κ3) is 5.86. The molecular weight excluding hydrogens is 549 g/mol. The first-order valence-electron chi connectivity index (χ1n) is 13.1. The van der Waals surface area contributed by atoms with Gasteiger partial charge in [0.2, 0.25) is 5.91 Å². The number of pyridine rings is 1. The SMILES string of the molecule is CN(C(=O)Oc1ccccc1Cl)[C@@H]1CN(C(=O)C2CCN(c3ccccn3)CC2C#N)C[C@H]1c1ccc(Cl)cc1. The largest absolute Gasteiger partial charge is 0.415 e. The lowest BCUT2D eigenvalue weighted by atomic mass is 9.85. The summed E-state index contributed by atoms with van der Waals surface area (Å²) in [6.45, 7) is 1.80. The van der Waals surface area contributed by atoms with E-state index in [1.165, 1.54) is 4.90 Å². The molecule has 2 aliphatic rings. The van der Waals surface area contributed by atoms with E-state index in [2.05, 4.69) is 16.0 Å². The molecule has 2 unspecified atom stereocenters. The topological polar surface area (TPSA) is 89.8 Å². The number of para-hydroxylation sites is 1. The fraction of sp³-hybridized carbons (Fsp3) is 0.333. The number of carbonyl (C=O) groups excluding carboxylic acids is 2. The van der Waals surface area contributed by atoms with Crippen LogP contribution in [-0.2, 0) is 4.79 Å². The molecule has 40 heavy (non-hydrogen) atoms. The zero-order chi connectivity index (χ0) is 28.2. The maximum atomic E-state index is 13.9. The average Bonchev–Trinajstić information content (AvgIpc) is 3.43. The van der Waals surface area contributed by atoms with Crippen LogP contribution in [-0.4, -0.2) is 66.1 Å². The van der Waals surface area contributed by atoms with Crippen LogP contribution in [0.15, 0.2) is 72.9 Å². The fourth-order valence-corrected chi connectivity index (χ4v) is 5.89. The predicted octanol–water partition coefficient (Wildman–Crippen LogP) is 5.48. The molecule has 2 saturated heterocycles. The Labute approximate surface area is 243 Å². The van der Waals surface area contributed by atoms with Crippen molar-refractivity contribution in [1.82, 2.24) is 14.8 Å². The monoisotopic (exact) mass is 577 g/mol. The summed E-state index contributed by atoms with van der Waals surface area (Å²) >= 11 is 12.3. The zero-order valence-corrected chi connectivity index (χ0v) is 23.5. The van der Waals surface area contributed by atoms with E-state index in [1.54, 1.807) is 54.5 Å². The number of halogens is 2. The van der Waals surface area contributed by atoms with Gasteiger partial charge in [-0.3, -0.25) is 4.79 Å². The Morgan fingerprint density at radius 3 is 2.48 bits per heavy atom. The second kappa shape index (κ2) is 12.2. The van der Waals surface area contributed by atoms with Crippen molar-refractivity contribution in [2.24, 2.45) is 11.8 Å². The van der Waals surface area contributed by atoms with Gasteiger partial charge in [-0.2, -0.15) is 5.26 Å². The molecule has 2 aromatic carbocycles. The molecule has 3 aromatic rings. The minimum atomic E-state index is -0.565. The number of likely N-dealkylation sites (N-methyl/N-ethyl adjacent to an activating group) is 1. The van der Waals surface area contributed by atoms with Gasteiger partial charge in [0.25, 0.3) is 0 Å². The number of likely N-dealkylation sites (tertiary alicyclic amines) is 1. The first kappa shape index (κ1) is 27.8. The molecule has 0 radical (unpaired) electrons. The lowest BCUT2D eigenvalue weighted by Gasteiger charge is -2.37. The number of amides is 2. The summed E-state index contributed by atoms with van der Waals surface area (Å²) in [4.78, 5) is 36.9. The molecule has 0 bridgehead atoms. The summed E-state index contributed by atoms with van der Waals surface area (Å²) < 4.78 is 5.60. The van der Waals surface area contributed by atoms with Gasteiger partial charge in [0.15, 0.2) is 5.75 Å². The highest BCUT2D eigenvalue weighted by Crippen LogP contribution is 2.36. The van der Waals surface area contributed by atoms with Gasteiger partial charge in [0, 0.05) is 50.4 Å². The molecular formula is C30H29Cl2N5O3. The first-order valence-corrected chi connectivity index (χ1v) is 13.9. The molecule has 1 aromatic heterocycles. The number of hydrogen-bond donors (Lipinski definition) is 0. The normalized spacial score (nSPS) is 22.4. The van der Waals surface area contributed by atoms with Crippen molar-refractivity contribution in [3.8, 4) is 11.8 Å². The van der Waals surface area contributed by atoms with Crippen molar-refractivity contribution in [2.45, 2.75) is 18.4 Å². The van der Waals surface area contributed by atoms with Crippen LogP contribution in [0.1, 0.15) is 17.9 Å². The van der Waals surface area contributed by atoms with E-state index in [4.69, 9.17) is 27.9 Å². The van der Waals surface area contributed by atoms with Gasteiger partial charge in [-0.15, -0.1) is 0 Å². The minimum absolute atomic E-state index is 0.0680. The van der Waals surface area contributed by atoms with Crippen molar-refractivity contribution < 1.29 is 14.3 Å². The van der Waals surface area contributed by atoms with Gasteiger partial charge in [0.1, 0.15) is 5.82 Å². The van der Waals surface area contributed by atoms with Crippen LogP contribution in [0.2, 0.25) is 10.0 Å². The summed E-state index contributed by atoms with van der Waals surface area (Å²) in [6, 6.07) is 21.9. The summed E-state index contributed by atoms with van der Waals surface area (Å²) in [6.07, 6.45) is 1.71. The van der Waals surface area contributed by atoms with E-state index in [1.807, 2.05) is 30.3 Å². The van der Waals surface area contributed by atoms with Crippen LogP contribution in [0.25, 0.3) is 0 Å². The number of nitrogens with zero attached hydrogens (tertiary/aromatic N) is 5. The molecule has 0 spiro atoms. The molecule has 3 heterocycles. The summed E-state index contributed by atoms with van der Waals surface area (Å²) in [7, 11) is 1.67. The number of nitriles is 1. The van der Waals surface area contributed by atoms with Crippen LogP contribution in [0.4, 0.5) is 10.6 Å². The second-order valence-electron chi connectivity index (χ2n) is 10.1. The van der Waals surface area contributed by atoms with Gasteiger partial charge in [-0.1, -0.05) is 53.5 Å². The minimum Gasteiger partial charge on any atom is -0.409 e. The number of hydrogen-bond acceptors (Lipinski definition) is 6. The van der Waals surface area contributed by atoms with Crippen molar-refractivity contribution in [3.05, 3.63) is 88.5 Å². The Bertz CT molecular complexity index is 1400. The fourth-order valence-electron chi connectivity index (χ4n) is 5.59. The molecule has 2 aliphatic heterocycles. The van der Waals surface area contributed by atoms with E-state index in [9.17, 15) is 14.9 Å². The van der Waals surface area contributed by atoms with Crippen LogP contribution in [0, 0.1) is 23.2 Å². The number of ether oxygens (including phenoxy) is 1. The Morgan fingerprint density at radius 2 is 1.77 bits per heavy atom. The van der Waals surface area contributed by atoms with E-state index >= 15 is 0 Å². The number of rotatable bonds is 5. The highest BCUT2D eigenvalue weighted by Gasteiger charge is 2.44. The van der Waals surface area contributed by atoms with Crippen molar-refractivity contribution in [2.75, 3.05) is 38.1 Å². The maximum absolute atomic E-state index is 13.9. The van der Waals surface area contributed by atoms with Crippen molar-refractivity contribution >= 4 is 41.0 Å². The summed E-state index contributed by atoms with van der Waals surface area (Å²) in [5, 5.41) is 10.9. The highest BCUT2D eigenvalue weighted by atomic mass is 35.5. The molecule has 4 atom stereocenters. The van der Waals surface area contributed by atoms with E-state index in [0.717, 1.165) is 11.4 Å². The Hall–Kier alpha value is -3.80. The molecule has 0 N–H and O–H groups in total. The van der Waals surface area contributed by atoms with Crippen LogP contribution >= 0.6 is 23.2 Å². The quantitative estimate of drug-likeness (QED) is 0.399. The molecule has 206 valence electrons. The average molecular weight is 579 g/mol. The lowest BCUT2D eigenvalue weighted by Crippen LogP contribution is -2.48. The van der Waals surface area contributed by atoms with Crippen molar-refractivity contribution in [1.29, 1.82) is 5.26 Å². The molecule has 0 aliphatic carbocycles. The third-order valence-electron chi connectivity index (χ3n) is 7.79. The highest BCUT2D eigenvalue weighted by molar-refractivity contribution is 6.32. The molecule has 5 rings (SSSR count). The Kier molecular flexibility index (Phi) is 8.43. The van der Waals surface area contributed by atoms with Crippen LogP contribution in [0.5, 0.6) is 5.75 Å². The molecule has 2 fully saturated rings. The Morgan fingerprint density at radius 1 is 1.02 bits per heavy atom. The van der Waals surface area contributed by atoms with Crippen molar-refractivity contribution in [3.63, 3.8) is 0 Å². The second-order valence-corrected chi connectivity index (χ2v) is 11.0. The molecule has 10 heteroatoms. The first-order chi connectivity index (χ1) is 19.4.